The van der Waals surface area contributed by atoms with E-state index in [9.17, 15) is 15.2 Å². The molecule has 35 heavy (non-hydrogen) atoms. The average Bonchev–Trinajstić information content (AvgIpc) is 3.57. The van der Waals surface area contributed by atoms with Gasteiger partial charge in [-0.1, -0.05) is 24.3 Å². The van der Waals surface area contributed by atoms with E-state index in [0.29, 0.717) is 12.0 Å². The Hall–Kier alpha value is -4.97. The van der Waals surface area contributed by atoms with Crippen LogP contribution < -0.4 is 5.32 Å². The number of hydrogen-bond donors (Lipinski definition) is 3. The number of aromatic hydroxyl groups is 1. The lowest BCUT2D eigenvalue weighted by Crippen LogP contribution is -2.32. The van der Waals surface area contributed by atoms with E-state index in [4.69, 9.17) is 0 Å². The topological polar surface area (TPSA) is 133 Å². The summed E-state index contributed by atoms with van der Waals surface area (Å²) in [6.07, 6.45) is 7.47. The molecule has 0 aliphatic carbocycles. The van der Waals surface area contributed by atoms with E-state index in [0.717, 1.165) is 27.9 Å². The summed E-state index contributed by atoms with van der Waals surface area (Å²) in [5.74, 6) is -0.458. The zero-order valence-electron chi connectivity index (χ0n) is 18.6. The van der Waals surface area contributed by atoms with Crippen LogP contribution in [0.4, 0.5) is 0 Å². The highest BCUT2D eigenvalue weighted by molar-refractivity contribution is 5.96. The maximum absolute atomic E-state index is 12.7. The number of rotatable bonds is 7. The van der Waals surface area contributed by atoms with E-state index in [1.54, 1.807) is 35.1 Å². The highest BCUT2D eigenvalue weighted by atomic mass is 16.3. The number of nitrogens with zero attached hydrogens (tertiary/aromatic N) is 5. The molecule has 0 radical (unpaired) electrons. The number of nitrogens with one attached hydrogen (secondary N) is 2. The number of benzene rings is 2. The molecule has 9 nitrogen and oxygen atoms in total. The number of H-pyrrole nitrogens is 1. The predicted molar refractivity (Wildman–Crippen MR) is 129 cm³/mol. The van der Waals surface area contributed by atoms with Crippen LogP contribution in [0.25, 0.3) is 22.3 Å². The third kappa shape index (κ3) is 4.58. The van der Waals surface area contributed by atoms with E-state index in [2.05, 4.69) is 31.4 Å². The van der Waals surface area contributed by atoms with Crippen molar-refractivity contribution in [3.8, 4) is 23.1 Å². The van der Waals surface area contributed by atoms with Crippen molar-refractivity contribution >= 4 is 16.9 Å². The van der Waals surface area contributed by atoms with Gasteiger partial charge >= 0.3 is 0 Å². The zero-order valence-corrected chi connectivity index (χ0v) is 18.6. The minimum atomic E-state index is -0.379. The zero-order chi connectivity index (χ0) is 24.2. The fraction of sp³-hybridized carbons (Fsp3) is 0.115. The molecule has 0 aliphatic rings. The minimum absolute atomic E-state index is 0.0797. The SMILES string of the molecule is N#Cc1cccc(CC(CNC(=O)c2ccccc2O)n2cc(-c3ncnc4[nH]ccc34)cn2)c1. The molecular formula is C26H21N7O2. The van der Waals surface area contributed by atoms with E-state index >= 15 is 0 Å². The number of hydrogen-bond acceptors (Lipinski definition) is 6. The van der Waals surface area contributed by atoms with Crippen LogP contribution in [0, 0.1) is 11.3 Å². The Kier molecular flexibility index (Phi) is 5.92. The number of aromatic nitrogens is 5. The Bertz CT molecular complexity index is 1550. The molecule has 9 heteroatoms. The number of phenolic OH excluding ortho intramolecular Hbond substituents is 1. The number of nitriles is 1. The summed E-state index contributed by atoms with van der Waals surface area (Å²) in [5, 5.41) is 27.7. The van der Waals surface area contributed by atoms with Gasteiger partial charge in [0.05, 0.1) is 35.1 Å². The van der Waals surface area contributed by atoms with Crippen LogP contribution in [0.5, 0.6) is 5.75 Å². The Balaban J connectivity index is 1.44. The van der Waals surface area contributed by atoms with Crippen molar-refractivity contribution in [1.29, 1.82) is 5.26 Å². The number of carbonyl (C=O) groups is 1. The molecule has 172 valence electrons. The number of para-hydroxylation sites is 1. The third-order valence-electron chi connectivity index (χ3n) is 5.78. The number of aromatic amines is 1. The molecule has 3 N–H and O–H groups in total. The molecule has 5 aromatic rings. The average molecular weight is 464 g/mol. The monoisotopic (exact) mass is 463 g/mol. The summed E-state index contributed by atoms with van der Waals surface area (Å²) < 4.78 is 1.79. The Labute approximate surface area is 200 Å². The maximum Gasteiger partial charge on any atom is 0.255 e. The Morgan fingerprint density at radius 3 is 2.91 bits per heavy atom. The molecule has 5 rings (SSSR count). The van der Waals surface area contributed by atoms with Crippen LogP contribution in [-0.2, 0) is 6.42 Å². The van der Waals surface area contributed by atoms with Crippen molar-refractivity contribution in [1.82, 2.24) is 30.0 Å². The normalized spacial score (nSPS) is 11.7. The molecule has 0 saturated heterocycles. The molecular weight excluding hydrogens is 442 g/mol. The number of phenols is 1. The number of amides is 1. The fourth-order valence-corrected chi connectivity index (χ4v) is 4.03. The van der Waals surface area contributed by atoms with E-state index in [-0.39, 0.29) is 29.8 Å². The van der Waals surface area contributed by atoms with Crippen LogP contribution in [-0.4, -0.2) is 42.3 Å². The van der Waals surface area contributed by atoms with Crippen molar-refractivity contribution in [2.45, 2.75) is 12.5 Å². The molecule has 0 fully saturated rings. The molecule has 2 aromatic carbocycles. The summed E-state index contributed by atoms with van der Waals surface area (Å²) in [7, 11) is 0. The summed E-state index contributed by atoms with van der Waals surface area (Å²) in [6.45, 7) is 0.258. The van der Waals surface area contributed by atoms with Gasteiger partial charge in [-0.2, -0.15) is 10.4 Å². The number of carbonyl (C=O) groups excluding carboxylic acids is 1. The van der Waals surface area contributed by atoms with Crippen molar-refractivity contribution in [3.63, 3.8) is 0 Å². The highest BCUT2D eigenvalue weighted by Gasteiger charge is 2.19. The van der Waals surface area contributed by atoms with Gasteiger partial charge in [-0.05, 0) is 42.3 Å². The fourth-order valence-electron chi connectivity index (χ4n) is 4.03. The lowest BCUT2D eigenvalue weighted by molar-refractivity contribution is 0.0944. The van der Waals surface area contributed by atoms with Gasteiger partial charge in [-0.15, -0.1) is 0 Å². The molecule has 1 amide bonds. The Morgan fingerprint density at radius 1 is 1.17 bits per heavy atom. The number of fused-ring (bicyclic) bond motifs is 1. The predicted octanol–water partition coefficient (Wildman–Crippen LogP) is 3.61. The molecule has 0 aliphatic heterocycles. The molecule has 0 bridgehead atoms. The largest absolute Gasteiger partial charge is 0.507 e. The second-order valence-corrected chi connectivity index (χ2v) is 8.07. The third-order valence-corrected chi connectivity index (χ3v) is 5.78. The van der Waals surface area contributed by atoms with Crippen LogP contribution >= 0.6 is 0 Å². The quantitative estimate of drug-likeness (QED) is 0.338. The summed E-state index contributed by atoms with van der Waals surface area (Å²) >= 11 is 0. The first-order valence-electron chi connectivity index (χ1n) is 11.0. The highest BCUT2D eigenvalue weighted by Crippen LogP contribution is 2.26. The van der Waals surface area contributed by atoms with Crippen molar-refractivity contribution in [2.24, 2.45) is 0 Å². The molecule has 1 atom stereocenters. The second kappa shape index (κ2) is 9.49. The molecule has 3 heterocycles. The molecule has 1 unspecified atom stereocenters. The first kappa shape index (κ1) is 21.9. The lowest BCUT2D eigenvalue weighted by atomic mass is 10.0. The first-order valence-corrected chi connectivity index (χ1v) is 11.0. The van der Waals surface area contributed by atoms with Crippen molar-refractivity contribution in [3.05, 3.63) is 96.2 Å². The van der Waals surface area contributed by atoms with Gasteiger partial charge in [0.15, 0.2) is 0 Å². The standard InChI is InChI=1S/C26H21N7O2/c27-12-18-5-3-4-17(10-18)11-20(14-29-26(35)21-6-1-2-7-23(21)34)33-15-19(13-32-33)24-22-8-9-28-25(22)31-16-30-24/h1-10,13,15-16,20,34H,11,14H2,(H,29,35)(H,28,30,31). The summed E-state index contributed by atoms with van der Waals surface area (Å²) in [6, 6.07) is 17.6. The van der Waals surface area contributed by atoms with E-state index < -0.39 is 0 Å². The van der Waals surface area contributed by atoms with Gasteiger partial charge in [0.2, 0.25) is 0 Å². The van der Waals surface area contributed by atoms with Gasteiger partial charge in [-0.25, -0.2) is 9.97 Å². The van der Waals surface area contributed by atoms with Crippen LogP contribution in [0.2, 0.25) is 0 Å². The maximum atomic E-state index is 12.7. The van der Waals surface area contributed by atoms with Crippen LogP contribution in [0.3, 0.4) is 0 Å². The van der Waals surface area contributed by atoms with Crippen LogP contribution in [0.1, 0.15) is 27.5 Å². The van der Waals surface area contributed by atoms with E-state index in [1.165, 1.54) is 12.4 Å². The first-order chi connectivity index (χ1) is 17.1. The lowest BCUT2D eigenvalue weighted by Gasteiger charge is -2.19. The second-order valence-electron chi connectivity index (χ2n) is 8.07. The van der Waals surface area contributed by atoms with Crippen LogP contribution in [0.15, 0.2) is 79.5 Å². The van der Waals surface area contributed by atoms with Gasteiger partial charge < -0.3 is 15.4 Å². The smallest absolute Gasteiger partial charge is 0.255 e. The van der Waals surface area contributed by atoms with Crippen molar-refractivity contribution < 1.29 is 9.90 Å². The summed E-state index contributed by atoms with van der Waals surface area (Å²) in [4.78, 5) is 24.5. The van der Waals surface area contributed by atoms with Gasteiger partial charge in [0.25, 0.3) is 5.91 Å². The van der Waals surface area contributed by atoms with Gasteiger partial charge in [0, 0.05) is 29.9 Å². The van der Waals surface area contributed by atoms with E-state index in [1.807, 2.05) is 36.7 Å². The van der Waals surface area contributed by atoms with Gasteiger partial charge in [-0.3, -0.25) is 9.48 Å². The molecule has 3 aromatic heterocycles. The van der Waals surface area contributed by atoms with Gasteiger partial charge in [0.1, 0.15) is 17.7 Å². The Morgan fingerprint density at radius 2 is 2.06 bits per heavy atom. The molecule has 0 spiro atoms. The summed E-state index contributed by atoms with van der Waals surface area (Å²) in [5.41, 5.74) is 4.03. The van der Waals surface area contributed by atoms with Crippen molar-refractivity contribution in [2.75, 3.05) is 6.54 Å². The molecule has 0 saturated carbocycles. The minimum Gasteiger partial charge on any atom is -0.507 e.